The van der Waals surface area contributed by atoms with Crippen molar-refractivity contribution < 1.29 is 9.53 Å². The van der Waals surface area contributed by atoms with E-state index in [1.54, 1.807) is 28.7 Å². The zero-order chi connectivity index (χ0) is 21.8. The molecule has 0 saturated carbocycles. The molecule has 31 heavy (non-hydrogen) atoms. The van der Waals surface area contributed by atoms with Gasteiger partial charge in [-0.2, -0.15) is 0 Å². The van der Waals surface area contributed by atoms with E-state index in [9.17, 15) is 4.79 Å². The van der Waals surface area contributed by atoms with Gasteiger partial charge in [-0.15, -0.1) is 22.7 Å². The predicted molar refractivity (Wildman–Crippen MR) is 129 cm³/mol. The molecule has 2 heterocycles. The molecule has 0 aliphatic rings. The van der Waals surface area contributed by atoms with Crippen molar-refractivity contribution >= 4 is 34.3 Å². The predicted octanol–water partition coefficient (Wildman–Crippen LogP) is 6.98. The second kappa shape index (κ2) is 9.45. The Morgan fingerprint density at radius 1 is 1.03 bits per heavy atom. The summed E-state index contributed by atoms with van der Waals surface area (Å²) in [6.07, 6.45) is 0. The highest BCUT2D eigenvalue weighted by molar-refractivity contribution is 7.11. The minimum Gasteiger partial charge on any atom is -0.465 e. The van der Waals surface area contributed by atoms with Crippen LogP contribution in [0.5, 0.6) is 0 Å². The van der Waals surface area contributed by atoms with Crippen molar-refractivity contribution in [2.45, 2.75) is 25.8 Å². The fraction of sp³-hybridized carbons (Fsp3) is 0.200. The summed E-state index contributed by atoms with van der Waals surface area (Å²) in [6.45, 7) is 4.39. The second-order valence-corrected chi connectivity index (χ2v) is 9.38. The molecule has 0 spiro atoms. The summed E-state index contributed by atoms with van der Waals surface area (Å²) >= 11 is 3.32. The Bertz CT molecular complexity index is 1150. The van der Waals surface area contributed by atoms with Gasteiger partial charge in [0.25, 0.3) is 0 Å². The van der Waals surface area contributed by atoms with Crippen LogP contribution >= 0.6 is 22.7 Å². The molecule has 4 nitrogen and oxygen atoms in total. The van der Waals surface area contributed by atoms with Crippen LogP contribution in [-0.2, 0) is 4.74 Å². The molecule has 0 saturated heterocycles. The van der Waals surface area contributed by atoms with Crippen LogP contribution in [0.1, 0.15) is 51.6 Å². The van der Waals surface area contributed by atoms with E-state index in [0.717, 1.165) is 22.0 Å². The maximum Gasteiger partial charge on any atom is 0.337 e. The second-order valence-electron chi connectivity index (χ2n) is 7.51. The van der Waals surface area contributed by atoms with Crippen LogP contribution in [0.3, 0.4) is 0 Å². The molecular weight excluding hydrogens is 424 g/mol. The van der Waals surface area contributed by atoms with Crippen LogP contribution in [0.2, 0.25) is 0 Å². The van der Waals surface area contributed by atoms with E-state index in [2.05, 4.69) is 60.3 Å². The van der Waals surface area contributed by atoms with E-state index < -0.39 is 0 Å². The molecule has 0 bridgehead atoms. The number of methoxy groups -OCH3 is 1. The zero-order valence-corrected chi connectivity index (χ0v) is 19.3. The lowest BCUT2D eigenvalue weighted by Gasteiger charge is -2.17. The van der Waals surface area contributed by atoms with E-state index in [4.69, 9.17) is 9.72 Å². The monoisotopic (exact) mass is 448 g/mol. The zero-order valence-electron chi connectivity index (χ0n) is 17.7. The molecule has 1 atom stereocenters. The summed E-state index contributed by atoms with van der Waals surface area (Å²) in [5.41, 5.74) is 4.77. The Kier molecular flexibility index (Phi) is 6.49. The number of ether oxygens (including phenoxy) is 1. The van der Waals surface area contributed by atoms with Gasteiger partial charge < -0.3 is 10.1 Å². The van der Waals surface area contributed by atoms with Crippen molar-refractivity contribution in [3.63, 3.8) is 0 Å². The number of thiazole rings is 1. The van der Waals surface area contributed by atoms with Crippen molar-refractivity contribution in [1.29, 1.82) is 0 Å². The average Bonchev–Trinajstić information content (AvgIpc) is 3.50. The first kappa shape index (κ1) is 21.3. The van der Waals surface area contributed by atoms with Crippen molar-refractivity contribution in [1.82, 2.24) is 4.98 Å². The molecule has 4 aromatic rings. The Morgan fingerprint density at radius 3 is 2.52 bits per heavy atom. The summed E-state index contributed by atoms with van der Waals surface area (Å²) in [6, 6.07) is 20.0. The topological polar surface area (TPSA) is 51.2 Å². The van der Waals surface area contributed by atoms with Gasteiger partial charge in [-0.3, -0.25) is 0 Å². The summed E-state index contributed by atoms with van der Waals surface area (Å²) in [4.78, 5) is 18.0. The maximum atomic E-state index is 11.9. The van der Waals surface area contributed by atoms with E-state index in [-0.39, 0.29) is 12.0 Å². The normalized spacial score (nSPS) is 12.0. The van der Waals surface area contributed by atoms with Gasteiger partial charge in [-0.05, 0) is 41.1 Å². The van der Waals surface area contributed by atoms with Crippen LogP contribution in [0.15, 0.2) is 71.4 Å². The number of aromatic nitrogens is 1. The summed E-state index contributed by atoms with van der Waals surface area (Å²) in [5, 5.41) is 8.70. The van der Waals surface area contributed by atoms with E-state index in [1.165, 1.54) is 17.6 Å². The Balaban J connectivity index is 1.63. The van der Waals surface area contributed by atoms with Crippen molar-refractivity contribution in [2.24, 2.45) is 0 Å². The highest BCUT2D eigenvalue weighted by Gasteiger charge is 2.20. The van der Waals surface area contributed by atoms with Crippen LogP contribution in [-0.4, -0.2) is 18.1 Å². The fourth-order valence-electron chi connectivity index (χ4n) is 3.32. The summed E-state index contributed by atoms with van der Waals surface area (Å²) < 4.78 is 4.85. The smallest absolute Gasteiger partial charge is 0.337 e. The van der Waals surface area contributed by atoms with Crippen molar-refractivity contribution in [2.75, 3.05) is 12.4 Å². The minimum atomic E-state index is -0.349. The Labute approximate surface area is 190 Å². The first-order chi connectivity index (χ1) is 15.0. The summed E-state index contributed by atoms with van der Waals surface area (Å²) in [5.74, 6) is 0.158. The number of nitrogens with zero attached hydrogens (tertiary/aromatic N) is 1. The lowest BCUT2D eigenvalue weighted by atomic mass is 10.0. The lowest BCUT2D eigenvalue weighted by Crippen LogP contribution is -2.11. The van der Waals surface area contributed by atoms with Crippen LogP contribution in [0.4, 0.5) is 5.69 Å². The number of nitrogens with one attached hydrogen (secondary N) is 1. The number of esters is 1. The molecule has 6 heteroatoms. The van der Waals surface area contributed by atoms with Gasteiger partial charge in [0.2, 0.25) is 0 Å². The quantitative estimate of drug-likeness (QED) is 0.310. The number of benzene rings is 2. The van der Waals surface area contributed by atoms with Crippen molar-refractivity contribution in [3.8, 4) is 11.3 Å². The van der Waals surface area contributed by atoms with Crippen LogP contribution in [0, 0.1) is 0 Å². The van der Waals surface area contributed by atoms with Gasteiger partial charge in [0, 0.05) is 21.5 Å². The van der Waals surface area contributed by atoms with Crippen LogP contribution in [0.25, 0.3) is 11.3 Å². The largest absolute Gasteiger partial charge is 0.465 e. The first-order valence-electron chi connectivity index (χ1n) is 10.1. The molecule has 1 unspecified atom stereocenters. The molecule has 0 fully saturated rings. The number of hydrogen-bond donors (Lipinski definition) is 1. The third kappa shape index (κ3) is 4.86. The molecule has 1 N–H and O–H groups in total. The number of thiophene rings is 1. The van der Waals surface area contributed by atoms with Crippen molar-refractivity contribution in [3.05, 3.63) is 92.4 Å². The van der Waals surface area contributed by atoms with Gasteiger partial charge in [-0.25, -0.2) is 9.78 Å². The molecule has 2 aromatic heterocycles. The average molecular weight is 449 g/mol. The SMILES string of the molecule is COC(=O)c1cccc(NC(c2cccs2)c2nc(-c3ccc(C(C)C)cc3)cs2)c1. The molecule has 0 aliphatic heterocycles. The summed E-state index contributed by atoms with van der Waals surface area (Å²) in [7, 11) is 1.39. The molecule has 0 aliphatic carbocycles. The van der Waals surface area contributed by atoms with E-state index in [0.29, 0.717) is 11.5 Å². The highest BCUT2D eigenvalue weighted by atomic mass is 32.1. The molecular formula is C25H24N2O2S2. The van der Waals surface area contributed by atoms with Gasteiger partial charge in [-0.1, -0.05) is 50.2 Å². The minimum absolute atomic E-state index is 0.0958. The third-order valence-corrected chi connectivity index (χ3v) is 6.91. The molecule has 0 radical (unpaired) electrons. The first-order valence-corrected chi connectivity index (χ1v) is 11.8. The van der Waals surface area contributed by atoms with Gasteiger partial charge in [0.15, 0.2) is 0 Å². The van der Waals surface area contributed by atoms with E-state index >= 15 is 0 Å². The van der Waals surface area contributed by atoms with Gasteiger partial charge in [0.1, 0.15) is 11.0 Å². The van der Waals surface area contributed by atoms with E-state index in [1.807, 2.05) is 24.3 Å². The fourth-order valence-corrected chi connectivity index (χ4v) is 5.07. The highest BCUT2D eigenvalue weighted by Crippen LogP contribution is 2.34. The number of carbonyl (C=O) groups is 1. The molecule has 0 amide bonds. The van der Waals surface area contributed by atoms with Gasteiger partial charge in [0.05, 0.1) is 18.4 Å². The Morgan fingerprint density at radius 2 is 1.84 bits per heavy atom. The number of hydrogen-bond acceptors (Lipinski definition) is 6. The van der Waals surface area contributed by atoms with Crippen LogP contribution < -0.4 is 5.32 Å². The third-order valence-electron chi connectivity index (χ3n) is 5.06. The standard InChI is InChI=1S/C25H24N2O2S2/c1-16(2)17-9-11-18(12-10-17)21-15-31-24(27-21)23(22-8-5-13-30-22)26-20-7-4-6-19(14-20)25(28)29-3/h4-16,23,26H,1-3H3. The number of anilines is 1. The maximum absolute atomic E-state index is 11.9. The number of carbonyl (C=O) groups excluding carboxylic acids is 1. The number of rotatable bonds is 7. The Hall–Kier alpha value is -2.96. The van der Waals surface area contributed by atoms with Gasteiger partial charge >= 0.3 is 5.97 Å². The lowest BCUT2D eigenvalue weighted by molar-refractivity contribution is 0.0601. The molecule has 4 rings (SSSR count). The molecule has 158 valence electrons. The molecule has 2 aromatic carbocycles.